The molecule has 3 aromatic carbocycles. The van der Waals surface area contributed by atoms with Crippen molar-refractivity contribution in [1.82, 2.24) is 0 Å². The summed E-state index contributed by atoms with van der Waals surface area (Å²) < 4.78 is 0. The van der Waals surface area contributed by atoms with Crippen molar-refractivity contribution >= 4 is 21.5 Å². The van der Waals surface area contributed by atoms with Gasteiger partial charge < -0.3 is 10.2 Å². The molecule has 0 saturated carbocycles. The van der Waals surface area contributed by atoms with Crippen molar-refractivity contribution in [1.29, 1.82) is 0 Å². The van der Waals surface area contributed by atoms with Crippen LogP contribution < -0.4 is 0 Å². The molecule has 0 aliphatic heterocycles. The first-order valence-corrected chi connectivity index (χ1v) is 8.20. The van der Waals surface area contributed by atoms with Crippen LogP contribution in [0.3, 0.4) is 0 Å². The van der Waals surface area contributed by atoms with Gasteiger partial charge in [-0.05, 0) is 74.3 Å². The largest absolute Gasteiger partial charge is 0.392 e. The highest BCUT2D eigenvalue weighted by Gasteiger charge is 2.18. The van der Waals surface area contributed by atoms with Crippen LogP contribution >= 0.6 is 0 Å². The third kappa shape index (κ3) is 2.85. The van der Waals surface area contributed by atoms with Gasteiger partial charge in [-0.2, -0.15) is 0 Å². The van der Waals surface area contributed by atoms with Gasteiger partial charge in [0.05, 0.1) is 13.2 Å². The Bertz CT molecular complexity index is 862. The molecular formula is C21H24O2. The van der Waals surface area contributed by atoms with Crippen molar-refractivity contribution in [2.75, 3.05) is 0 Å². The summed E-state index contributed by atoms with van der Waals surface area (Å²) >= 11 is 0. The van der Waals surface area contributed by atoms with Crippen LogP contribution in [0, 0.1) is 0 Å². The van der Waals surface area contributed by atoms with E-state index in [0.717, 1.165) is 28.3 Å². The molecule has 2 nitrogen and oxygen atoms in total. The van der Waals surface area contributed by atoms with E-state index >= 15 is 0 Å². The van der Waals surface area contributed by atoms with Gasteiger partial charge in [0.2, 0.25) is 0 Å². The standard InChI is InChI=1S/C21H24O2/c1-4-21(2,3)20-6-5-14-7-15-9-18(12-22)19(13-23)10-16(15)8-17(14)11-20/h5-11,22-23H,4,12-13H2,1-3H3. The zero-order chi connectivity index (χ0) is 16.6. The van der Waals surface area contributed by atoms with Crippen LogP contribution in [-0.4, -0.2) is 10.2 Å². The van der Waals surface area contributed by atoms with Gasteiger partial charge in [0.15, 0.2) is 0 Å². The molecule has 0 unspecified atom stereocenters. The van der Waals surface area contributed by atoms with Gasteiger partial charge in [-0.15, -0.1) is 0 Å². The minimum absolute atomic E-state index is 0.0481. The molecule has 0 bridgehead atoms. The topological polar surface area (TPSA) is 40.5 Å². The number of aliphatic hydroxyl groups excluding tert-OH is 2. The van der Waals surface area contributed by atoms with Crippen LogP contribution in [0.1, 0.15) is 43.9 Å². The Balaban J connectivity index is 2.23. The van der Waals surface area contributed by atoms with E-state index in [0.29, 0.717) is 0 Å². The van der Waals surface area contributed by atoms with E-state index < -0.39 is 0 Å². The van der Waals surface area contributed by atoms with Crippen molar-refractivity contribution in [3.63, 3.8) is 0 Å². The summed E-state index contributed by atoms with van der Waals surface area (Å²) in [6.45, 7) is 6.66. The van der Waals surface area contributed by atoms with Crippen molar-refractivity contribution in [2.24, 2.45) is 0 Å². The molecule has 0 aliphatic rings. The number of aliphatic hydroxyl groups is 2. The molecule has 23 heavy (non-hydrogen) atoms. The molecule has 0 saturated heterocycles. The average Bonchev–Trinajstić information content (AvgIpc) is 2.58. The SMILES string of the molecule is CCC(C)(C)c1ccc2cc3cc(CO)c(CO)cc3cc2c1. The second-order valence-electron chi connectivity index (χ2n) is 6.94. The number of fused-ring (bicyclic) bond motifs is 2. The van der Waals surface area contributed by atoms with Crippen molar-refractivity contribution in [3.8, 4) is 0 Å². The zero-order valence-corrected chi connectivity index (χ0v) is 14.1. The quantitative estimate of drug-likeness (QED) is 0.688. The van der Waals surface area contributed by atoms with Crippen LogP contribution in [0.15, 0.2) is 42.5 Å². The fourth-order valence-corrected chi connectivity index (χ4v) is 3.06. The molecule has 0 amide bonds. The monoisotopic (exact) mass is 308 g/mol. The summed E-state index contributed by atoms with van der Waals surface area (Å²) in [5.41, 5.74) is 3.11. The summed E-state index contributed by atoms with van der Waals surface area (Å²) in [4.78, 5) is 0. The Morgan fingerprint density at radius 1 is 0.739 bits per heavy atom. The predicted molar refractivity (Wildman–Crippen MR) is 96.6 cm³/mol. The highest BCUT2D eigenvalue weighted by atomic mass is 16.3. The van der Waals surface area contributed by atoms with Crippen molar-refractivity contribution in [2.45, 2.75) is 45.8 Å². The first-order chi connectivity index (χ1) is 11.0. The molecular weight excluding hydrogens is 284 g/mol. The molecule has 2 heteroatoms. The summed E-state index contributed by atoms with van der Waals surface area (Å²) in [6, 6.07) is 15.0. The summed E-state index contributed by atoms with van der Waals surface area (Å²) in [7, 11) is 0. The molecule has 0 spiro atoms. The lowest BCUT2D eigenvalue weighted by Gasteiger charge is -2.23. The average molecular weight is 308 g/mol. The molecule has 0 radical (unpaired) electrons. The summed E-state index contributed by atoms with van der Waals surface area (Å²) in [6.07, 6.45) is 1.10. The van der Waals surface area contributed by atoms with Crippen LogP contribution in [0.5, 0.6) is 0 Å². The second kappa shape index (κ2) is 5.95. The van der Waals surface area contributed by atoms with E-state index in [9.17, 15) is 10.2 Å². The lowest BCUT2D eigenvalue weighted by molar-refractivity contribution is 0.260. The number of hydrogen-bond donors (Lipinski definition) is 2. The molecule has 3 aromatic rings. The minimum Gasteiger partial charge on any atom is -0.392 e. The minimum atomic E-state index is -0.0488. The molecule has 0 atom stereocenters. The molecule has 3 rings (SSSR count). The van der Waals surface area contributed by atoms with Crippen molar-refractivity contribution < 1.29 is 10.2 Å². The molecule has 0 fully saturated rings. The van der Waals surface area contributed by atoms with Gasteiger partial charge in [0.25, 0.3) is 0 Å². The Kier molecular flexibility index (Phi) is 4.13. The molecule has 0 aromatic heterocycles. The fourth-order valence-electron chi connectivity index (χ4n) is 3.06. The third-order valence-electron chi connectivity index (χ3n) is 5.12. The maximum absolute atomic E-state index is 9.49. The van der Waals surface area contributed by atoms with Crippen LogP contribution in [0.2, 0.25) is 0 Å². The highest BCUT2D eigenvalue weighted by Crippen LogP contribution is 2.32. The lowest BCUT2D eigenvalue weighted by Crippen LogP contribution is -2.15. The normalized spacial score (nSPS) is 12.2. The molecule has 0 aliphatic carbocycles. The Labute approximate surface area is 137 Å². The van der Waals surface area contributed by atoms with Gasteiger partial charge in [-0.25, -0.2) is 0 Å². The van der Waals surface area contributed by atoms with E-state index in [1.165, 1.54) is 16.3 Å². The van der Waals surface area contributed by atoms with Crippen LogP contribution in [-0.2, 0) is 18.6 Å². The summed E-state index contributed by atoms with van der Waals surface area (Å²) in [5.74, 6) is 0. The van der Waals surface area contributed by atoms with Crippen LogP contribution in [0.4, 0.5) is 0 Å². The van der Waals surface area contributed by atoms with Gasteiger partial charge in [-0.3, -0.25) is 0 Å². The Morgan fingerprint density at radius 3 is 1.78 bits per heavy atom. The van der Waals surface area contributed by atoms with Crippen molar-refractivity contribution in [3.05, 3.63) is 59.2 Å². The predicted octanol–water partition coefficient (Wildman–Crippen LogP) is 4.67. The maximum atomic E-state index is 9.49. The molecule has 2 N–H and O–H groups in total. The van der Waals surface area contributed by atoms with Gasteiger partial charge in [0, 0.05) is 0 Å². The van der Waals surface area contributed by atoms with Crippen LogP contribution in [0.25, 0.3) is 21.5 Å². The number of rotatable bonds is 4. The first kappa shape index (κ1) is 16.0. The van der Waals surface area contributed by atoms with E-state index in [1.807, 2.05) is 12.1 Å². The first-order valence-electron chi connectivity index (χ1n) is 8.20. The Morgan fingerprint density at radius 2 is 1.26 bits per heavy atom. The maximum Gasteiger partial charge on any atom is 0.0685 e. The Hall–Kier alpha value is -1.90. The highest BCUT2D eigenvalue weighted by molar-refractivity contribution is 5.99. The second-order valence-corrected chi connectivity index (χ2v) is 6.94. The van der Waals surface area contributed by atoms with E-state index in [-0.39, 0.29) is 18.6 Å². The number of benzene rings is 3. The van der Waals surface area contributed by atoms with Gasteiger partial charge in [0.1, 0.15) is 0 Å². The molecule has 0 heterocycles. The fraction of sp³-hybridized carbons (Fsp3) is 0.333. The summed E-state index contributed by atoms with van der Waals surface area (Å²) in [5, 5.41) is 23.6. The van der Waals surface area contributed by atoms with Gasteiger partial charge >= 0.3 is 0 Å². The van der Waals surface area contributed by atoms with E-state index in [2.05, 4.69) is 51.1 Å². The number of hydrogen-bond acceptors (Lipinski definition) is 2. The lowest BCUT2D eigenvalue weighted by atomic mass is 9.81. The molecule has 120 valence electrons. The van der Waals surface area contributed by atoms with E-state index in [1.54, 1.807) is 0 Å². The van der Waals surface area contributed by atoms with E-state index in [4.69, 9.17) is 0 Å². The van der Waals surface area contributed by atoms with Gasteiger partial charge in [-0.1, -0.05) is 39.0 Å². The zero-order valence-electron chi connectivity index (χ0n) is 14.1. The third-order valence-corrected chi connectivity index (χ3v) is 5.12. The smallest absolute Gasteiger partial charge is 0.0685 e.